The molecular weight excluding hydrogens is 383 g/mol. The smallest absolute Gasteiger partial charge is 0.378 e. The minimum absolute atomic E-state index is 0.0448. The number of nitro benzene ring substituents is 1. The van der Waals surface area contributed by atoms with E-state index in [9.17, 15) is 31.7 Å². The van der Waals surface area contributed by atoms with E-state index in [0.29, 0.717) is 12.1 Å². The van der Waals surface area contributed by atoms with Crippen LogP contribution in [0.25, 0.3) is 0 Å². The molecule has 2 N–H and O–H groups in total. The maximum absolute atomic E-state index is 12.6. The van der Waals surface area contributed by atoms with Gasteiger partial charge in [0.15, 0.2) is 0 Å². The lowest BCUT2D eigenvalue weighted by atomic mass is 10.1. The van der Waals surface area contributed by atoms with Gasteiger partial charge in [0.2, 0.25) is 10.0 Å². The second kappa shape index (κ2) is 7.37. The second-order valence-electron chi connectivity index (χ2n) is 4.74. The third-order valence-electron chi connectivity index (χ3n) is 3.01. The zero-order valence-electron chi connectivity index (χ0n) is 12.4. The molecule has 0 saturated heterocycles. The van der Waals surface area contributed by atoms with Crippen LogP contribution in [0.15, 0.2) is 39.9 Å². The van der Waals surface area contributed by atoms with Crippen LogP contribution in [0.3, 0.4) is 0 Å². The molecule has 0 radical (unpaired) electrons. The number of sulfonamides is 1. The van der Waals surface area contributed by atoms with Crippen molar-refractivity contribution in [2.45, 2.75) is 10.4 Å². The number of thiophene rings is 1. The minimum Gasteiger partial charge on any atom is -0.378 e. The first-order valence-corrected chi connectivity index (χ1v) is 9.10. The Bertz CT molecular complexity index is 852. The third-order valence-corrected chi connectivity index (χ3v) is 5.87. The summed E-state index contributed by atoms with van der Waals surface area (Å²) in [6.45, 7) is -0.144. The highest BCUT2D eigenvalue weighted by molar-refractivity contribution is 7.91. The second-order valence-corrected chi connectivity index (χ2v) is 7.68. The average molecular weight is 395 g/mol. The lowest BCUT2D eigenvalue weighted by Gasteiger charge is -2.11. The fraction of sp³-hybridized carbons (Fsp3) is 0.231. The summed E-state index contributed by atoms with van der Waals surface area (Å²) in [5, 5.41) is 15.1. The molecule has 0 unspecified atom stereocenters. The highest BCUT2D eigenvalue weighted by atomic mass is 32.2. The summed E-state index contributed by atoms with van der Waals surface area (Å²) in [5.41, 5.74) is -2.01. The molecule has 0 atom stereocenters. The fourth-order valence-corrected chi connectivity index (χ4v) is 3.95. The Morgan fingerprint density at radius 1 is 1.20 bits per heavy atom. The molecule has 0 aliphatic carbocycles. The van der Waals surface area contributed by atoms with Crippen LogP contribution < -0.4 is 10.0 Å². The summed E-state index contributed by atoms with van der Waals surface area (Å²) in [6.07, 6.45) is -4.69. The van der Waals surface area contributed by atoms with Crippen LogP contribution in [0, 0.1) is 10.1 Å². The molecular formula is C13H12F3N3O4S2. The van der Waals surface area contributed by atoms with Crippen molar-refractivity contribution in [2.75, 3.05) is 18.4 Å². The molecule has 1 heterocycles. The number of halogens is 3. The number of nitro groups is 1. The number of nitrogens with one attached hydrogen (secondary N) is 2. The Hall–Kier alpha value is -2.18. The zero-order chi connectivity index (χ0) is 18.7. The SMILES string of the molecule is O=[N+]([O-])c1cc(C(F)(F)F)ccc1NCCNS(=O)(=O)c1cccs1. The molecule has 7 nitrogen and oxygen atoms in total. The topological polar surface area (TPSA) is 101 Å². The minimum atomic E-state index is -4.69. The molecule has 2 aromatic rings. The molecule has 2 rings (SSSR count). The molecule has 136 valence electrons. The number of benzene rings is 1. The van der Waals surface area contributed by atoms with Crippen molar-refractivity contribution in [3.8, 4) is 0 Å². The Balaban J connectivity index is 2.02. The van der Waals surface area contributed by atoms with E-state index in [0.717, 1.165) is 17.4 Å². The number of hydrogen-bond acceptors (Lipinski definition) is 6. The van der Waals surface area contributed by atoms with Crippen molar-refractivity contribution in [3.05, 3.63) is 51.4 Å². The predicted octanol–water partition coefficient (Wildman–Crippen LogP) is 3.07. The summed E-state index contributed by atoms with van der Waals surface area (Å²) >= 11 is 1.03. The van der Waals surface area contributed by atoms with Crippen molar-refractivity contribution in [3.63, 3.8) is 0 Å². The molecule has 0 spiro atoms. The van der Waals surface area contributed by atoms with E-state index in [-0.39, 0.29) is 23.0 Å². The van der Waals surface area contributed by atoms with Gasteiger partial charge in [-0.05, 0) is 23.6 Å². The summed E-state index contributed by atoms with van der Waals surface area (Å²) in [4.78, 5) is 10.00. The lowest BCUT2D eigenvalue weighted by Crippen LogP contribution is -2.28. The van der Waals surface area contributed by atoms with Gasteiger partial charge < -0.3 is 5.32 Å². The van der Waals surface area contributed by atoms with Gasteiger partial charge in [-0.2, -0.15) is 13.2 Å². The van der Waals surface area contributed by atoms with Crippen LogP contribution in [0.2, 0.25) is 0 Å². The predicted molar refractivity (Wildman–Crippen MR) is 86.1 cm³/mol. The van der Waals surface area contributed by atoms with Gasteiger partial charge >= 0.3 is 6.18 Å². The molecule has 0 aliphatic heterocycles. The molecule has 1 aromatic carbocycles. The van der Waals surface area contributed by atoms with Crippen LogP contribution in [-0.2, 0) is 16.2 Å². The maximum Gasteiger partial charge on any atom is 0.416 e. The van der Waals surface area contributed by atoms with Crippen LogP contribution in [0.5, 0.6) is 0 Å². The van der Waals surface area contributed by atoms with Gasteiger partial charge in [-0.15, -0.1) is 11.3 Å². The van der Waals surface area contributed by atoms with Crippen molar-refractivity contribution < 1.29 is 26.5 Å². The van der Waals surface area contributed by atoms with Crippen molar-refractivity contribution >= 4 is 32.7 Å². The van der Waals surface area contributed by atoms with Crippen LogP contribution >= 0.6 is 11.3 Å². The Labute approximate surface area is 144 Å². The molecule has 25 heavy (non-hydrogen) atoms. The van der Waals surface area contributed by atoms with Gasteiger partial charge in [-0.1, -0.05) is 6.07 Å². The monoisotopic (exact) mass is 395 g/mol. The van der Waals surface area contributed by atoms with Crippen molar-refractivity contribution in [1.82, 2.24) is 4.72 Å². The van der Waals surface area contributed by atoms with E-state index in [1.807, 2.05) is 0 Å². The van der Waals surface area contributed by atoms with E-state index in [1.165, 1.54) is 6.07 Å². The van der Waals surface area contributed by atoms with E-state index in [2.05, 4.69) is 10.0 Å². The zero-order valence-corrected chi connectivity index (χ0v) is 14.0. The van der Waals surface area contributed by atoms with Gasteiger partial charge in [0, 0.05) is 19.2 Å². The van der Waals surface area contributed by atoms with E-state index in [1.54, 1.807) is 11.4 Å². The first kappa shape index (κ1) is 19.1. The number of alkyl halides is 3. The summed E-state index contributed by atoms with van der Waals surface area (Å²) in [5.74, 6) is 0. The van der Waals surface area contributed by atoms with E-state index in [4.69, 9.17) is 0 Å². The summed E-state index contributed by atoms with van der Waals surface area (Å²) < 4.78 is 64.0. The lowest BCUT2D eigenvalue weighted by molar-refractivity contribution is -0.384. The molecule has 0 fully saturated rings. The Kier molecular flexibility index (Phi) is 5.65. The molecule has 0 aliphatic rings. The van der Waals surface area contributed by atoms with Gasteiger partial charge in [0.05, 0.1) is 10.5 Å². The van der Waals surface area contributed by atoms with Crippen molar-refractivity contribution in [1.29, 1.82) is 0 Å². The average Bonchev–Trinajstić information content (AvgIpc) is 3.05. The molecule has 1 aromatic heterocycles. The molecule has 0 bridgehead atoms. The summed E-state index contributed by atoms with van der Waals surface area (Å²) in [7, 11) is -3.68. The van der Waals surface area contributed by atoms with Crippen LogP contribution in [0.4, 0.5) is 24.5 Å². The standard InChI is InChI=1S/C13H12F3N3O4S2/c14-13(15,16)9-3-4-10(11(8-9)19(20)21)17-5-6-18-25(22,23)12-2-1-7-24-12/h1-4,7-8,17-18H,5-6H2. The van der Waals surface area contributed by atoms with Gasteiger partial charge in [0.1, 0.15) is 9.90 Å². The normalized spacial score (nSPS) is 12.1. The van der Waals surface area contributed by atoms with E-state index < -0.39 is 32.4 Å². The van der Waals surface area contributed by atoms with E-state index >= 15 is 0 Å². The largest absolute Gasteiger partial charge is 0.416 e. The van der Waals surface area contributed by atoms with Gasteiger partial charge in [0.25, 0.3) is 5.69 Å². The number of nitrogens with zero attached hydrogens (tertiary/aromatic N) is 1. The van der Waals surface area contributed by atoms with Gasteiger partial charge in [-0.3, -0.25) is 10.1 Å². The van der Waals surface area contributed by atoms with Crippen LogP contribution in [-0.4, -0.2) is 26.4 Å². The third kappa shape index (κ3) is 4.90. The van der Waals surface area contributed by atoms with Gasteiger partial charge in [-0.25, -0.2) is 13.1 Å². The first-order chi connectivity index (χ1) is 11.6. The number of anilines is 1. The number of hydrogen-bond donors (Lipinski definition) is 2. The first-order valence-electron chi connectivity index (χ1n) is 6.74. The molecule has 0 saturated carbocycles. The quantitative estimate of drug-likeness (QED) is 0.426. The highest BCUT2D eigenvalue weighted by Gasteiger charge is 2.33. The Morgan fingerprint density at radius 2 is 1.92 bits per heavy atom. The molecule has 0 amide bonds. The Morgan fingerprint density at radius 3 is 2.48 bits per heavy atom. The maximum atomic E-state index is 12.6. The summed E-state index contributed by atoms with van der Waals surface area (Å²) in [6, 6.07) is 5.07. The van der Waals surface area contributed by atoms with Crippen LogP contribution in [0.1, 0.15) is 5.56 Å². The fourth-order valence-electron chi connectivity index (χ4n) is 1.88. The van der Waals surface area contributed by atoms with Crippen molar-refractivity contribution in [2.24, 2.45) is 0 Å². The highest BCUT2D eigenvalue weighted by Crippen LogP contribution is 2.34. The number of rotatable bonds is 7. The molecule has 12 heteroatoms.